The molecule has 4 heteroatoms. The number of hydrogen-bond donors (Lipinski definition) is 0. The van der Waals surface area contributed by atoms with Crippen LogP contribution in [0.5, 0.6) is 0 Å². The van der Waals surface area contributed by atoms with E-state index in [0.717, 1.165) is 31.9 Å². The lowest BCUT2D eigenvalue weighted by molar-refractivity contribution is -0.131. The summed E-state index contributed by atoms with van der Waals surface area (Å²) in [6.07, 6.45) is 0.556. The number of piperazine rings is 1. The molecule has 1 aliphatic heterocycles. The van der Waals surface area contributed by atoms with Crippen LogP contribution < -0.4 is 4.90 Å². The minimum absolute atomic E-state index is 0.198. The van der Waals surface area contributed by atoms with Crippen molar-refractivity contribution < 1.29 is 9.18 Å². The Labute approximate surface area is 101 Å². The van der Waals surface area contributed by atoms with Gasteiger partial charge < -0.3 is 9.80 Å². The van der Waals surface area contributed by atoms with Gasteiger partial charge in [-0.3, -0.25) is 4.79 Å². The molecule has 1 amide bonds. The Bertz CT molecular complexity index is 400. The van der Waals surface area contributed by atoms with Gasteiger partial charge in [0.2, 0.25) is 5.91 Å². The molecule has 1 fully saturated rings. The number of amides is 1. The zero-order valence-electron chi connectivity index (χ0n) is 10.0. The van der Waals surface area contributed by atoms with Gasteiger partial charge in [-0.25, -0.2) is 4.39 Å². The summed E-state index contributed by atoms with van der Waals surface area (Å²) in [6.45, 7) is 4.87. The van der Waals surface area contributed by atoms with Crippen molar-refractivity contribution in [2.24, 2.45) is 0 Å². The summed E-state index contributed by atoms with van der Waals surface area (Å²) in [5.74, 6) is -0.0153. The van der Waals surface area contributed by atoms with Gasteiger partial charge in [0.15, 0.2) is 0 Å². The van der Waals surface area contributed by atoms with Gasteiger partial charge in [-0.1, -0.05) is 13.0 Å². The first-order chi connectivity index (χ1) is 8.20. The van der Waals surface area contributed by atoms with E-state index in [9.17, 15) is 9.18 Å². The van der Waals surface area contributed by atoms with Gasteiger partial charge in [0.1, 0.15) is 5.82 Å². The molecule has 2 rings (SSSR count). The molecule has 17 heavy (non-hydrogen) atoms. The highest BCUT2D eigenvalue weighted by atomic mass is 19.1. The van der Waals surface area contributed by atoms with Gasteiger partial charge in [-0.2, -0.15) is 0 Å². The first-order valence-corrected chi connectivity index (χ1v) is 5.99. The molecule has 0 aliphatic carbocycles. The molecule has 92 valence electrons. The Morgan fingerprint density at radius 3 is 2.59 bits per heavy atom. The monoisotopic (exact) mass is 236 g/mol. The Kier molecular flexibility index (Phi) is 3.61. The van der Waals surface area contributed by atoms with Crippen molar-refractivity contribution in [3.05, 3.63) is 30.1 Å². The number of anilines is 1. The molecule has 1 aliphatic rings. The number of nitrogens with zero attached hydrogens (tertiary/aromatic N) is 2. The Morgan fingerprint density at radius 1 is 1.29 bits per heavy atom. The molecule has 1 heterocycles. The van der Waals surface area contributed by atoms with Crippen molar-refractivity contribution in [2.45, 2.75) is 13.3 Å². The molecular weight excluding hydrogens is 219 g/mol. The van der Waals surface area contributed by atoms with Crippen LogP contribution in [0.2, 0.25) is 0 Å². The lowest BCUT2D eigenvalue weighted by Crippen LogP contribution is -2.48. The molecular formula is C13H17FN2O. The Balaban J connectivity index is 1.97. The van der Waals surface area contributed by atoms with Crippen LogP contribution in [-0.4, -0.2) is 37.0 Å². The van der Waals surface area contributed by atoms with Gasteiger partial charge in [0.25, 0.3) is 0 Å². The molecule has 0 N–H and O–H groups in total. The molecule has 3 nitrogen and oxygen atoms in total. The number of rotatable bonds is 2. The molecule has 0 unspecified atom stereocenters. The predicted octanol–water partition coefficient (Wildman–Crippen LogP) is 1.88. The van der Waals surface area contributed by atoms with Crippen LogP contribution in [0, 0.1) is 5.82 Å². The molecule has 1 aromatic rings. The number of carbonyl (C=O) groups excluding carboxylic acids is 1. The average Bonchev–Trinajstić information content (AvgIpc) is 2.38. The summed E-state index contributed by atoms with van der Waals surface area (Å²) in [7, 11) is 0. The fourth-order valence-corrected chi connectivity index (χ4v) is 2.11. The molecule has 0 spiro atoms. The Morgan fingerprint density at radius 2 is 2.00 bits per heavy atom. The Hall–Kier alpha value is -1.58. The zero-order chi connectivity index (χ0) is 12.3. The summed E-state index contributed by atoms with van der Waals surface area (Å²) in [6, 6.07) is 6.60. The first-order valence-electron chi connectivity index (χ1n) is 5.99. The van der Waals surface area contributed by atoms with E-state index in [4.69, 9.17) is 0 Å². The van der Waals surface area contributed by atoms with E-state index in [-0.39, 0.29) is 11.7 Å². The van der Waals surface area contributed by atoms with Crippen molar-refractivity contribution in [1.29, 1.82) is 0 Å². The molecule has 1 aromatic carbocycles. The van der Waals surface area contributed by atoms with Crippen molar-refractivity contribution in [3.63, 3.8) is 0 Å². The first kappa shape index (κ1) is 11.9. The highest BCUT2D eigenvalue weighted by Crippen LogP contribution is 2.17. The minimum Gasteiger partial charge on any atom is -0.368 e. The van der Waals surface area contributed by atoms with E-state index < -0.39 is 0 Å². The van der Waals surface area contributed by atoms with Gasteiger partial charge in [0.05, 0.1) is 0 Å². The van der Waals surface area contributed by atoms with Crippen molar-refractivity contribution in [3.8, 4) is 0 Å². The van der Waals surface area contributed by atoms with Crippen molar-refractivity contribution in [1.82, 2.24) is 4.90 Å². The third kappa shape index (κ3) is 2.75. The highest BCUT2D eigenvalue weighted by molar-refractivity contribution is 5.76. The third-order valence-electron chi connectivity index (χ3n) is 3.11. The topological polar surface area (TPSA) is 23.6 Å². The second-order valence-electron chi connectivity index (χ2n) is 4.20. The molecule has 0 radical (unpaired) electrons. The quantitative estimate of drug-likeness (QED) is 0.782. The maximum absolute atomic E-state index is 13.1. The van der Waals surface area contributed by atoms with E-state index in [2.05, 4.69) is 4.90 Å². The molecule has 0 aromatic heterocycles. The minimum atomic E-state index is -0.213. The lowest BCUT2D eigenvalue weighted by atomic mass is 10.2. The average molecular weight is 236 g/mol. The summed E-state index contributed by atoms with van der Waals surface area (Å²) < 4.78 is 13.1. The van der Waals surface area contributed by atoms with Crippen LogP contribution in [-0.2, 0) is 4.79 Å². The number of carbonyl (C=O) groups is 1. The van der Waals surface area contributed by atoms with Gasteiger partial charge >= 0.3 is 0 Å². The van der Waals surface area contributed by atoms with Crippen LogP contribution in [0.4, 0.5) is 10.1 Å². The van der Waals surface area contributed by atoms with Crippen LogP contribution in [0.3, 0.4) is 0 Å². The maximum Gasteiger partial charge on any atom is 0.222 e. The largest absolute Gasteiger partial charge is 0.368 e. The number of benzene rings is 1. The van der Waals surface area contributed by atoms with E-state index in [1.807, 2.05) is 17.9 Å². The summed E-state index contributed by atoms with van der Waals surface area (Å²) >= 11 is 0. The van der Waals surface area contributed by atoms with Crippen LogP contribution in [0.15, 0.2) is 24.3 Å². The lowest BCUT2D eigenvalue weighted by Gasteiger charge is -2.36. The highest BCUT2D eigenvalue weighted by Gasteiger charge is 2.19. The molecule has 0 bridgehead atoms. The standard InChI is InChI=1S/C13H17FN2O/c1-2-13(17)16-8-6-15(7-9-16)12-5-3-4-11(14)10-12/h3-5,10H,2,6-9H2,1H3. The SMILES string of the molecule is CCC(=O)N1CCN(c2cccc(F)c2)CC1. The smallest absolute Gasteiger partial charge is 0.222 e. The van der Waals surface area contributed by atoms with E-state index in [1.165, 1.54) is 12.1 Å². The van der Waals surface area contributed by atoms with E-state index in [1.54, 1.807) is 6.07 Å². The molecule has 1 saturated heterocycles. The summed E-state index contributed by atoms with van der Waals surface area (Å²) in [5.41, 5.74) is 0.897. The normalized spacial score (nSPS) is 16.1. The van der Waals surface area contributed by atoms with Crippen LogP contribution in [0.1, 0.15) is 13.3 Å². The summed E-state index contributed by atoms with van der Waals surface area (Å²) in [4.78, 5) is 15.5. The fraction of sp³-hybridized carbons (Fsp3) is 0.462. The van der Waals surface area contributed by atoms with E-state index in [0.29, 0.717) is 6.42 Å². The number of hydrogen-bond acceptors (Lipinski definition) is 2. The predicted molar refractivity (Wildman–Crippen MR) is 65.5 cm³/mol. The molecule has 0 saturated carbocycles. The summed E-state index contributed by atoms with van der Waals surface area (Å²) in [5, 5.41) is 0. The van der Waals surface area contributed by atoms with Crippen molar-refractivity contribution in [2.75, 3.05) is 31.1 Å². The molecule has 0 atom stereocenters. The van der Waals surface area contributed by atoms with Crippen LogP contribution in [0.25, 0.3) is 0 Å². The second kappa shape index (κ2) is 5.17. The van der Waals surface area contributed by atoms with E-state index >= 15 is 0 Å². The van der Waals surface area contributed by atoms with Gasteiger partial charge in [0, 0.05) is 38.3 Å². The number of halogens is 1. The van der Waals surface area contributed by atoms with Gasteiger partial charge in [-0.05, 0) is 18.2 Å². The van der Waals surface area contributed by atoms with Gasteiger partial charge in [-0.15, -0.1) is 0 Å². The second-order valence-corrected chi connectivity index (χ2v) is 4.20. The maximum atomic E-state index is 13.1. The zero-order valence-corrected chi connectivity index (χ0v) is 10.0. The van der Waals surface area contributed by atoms with Crippen molar-refractivity contribution >= 4 is 11.6 Å². The third-order valence-corrected chi connectivity index (χ3v) is 3.11. The fourth-order valence-electron chi connectivity index (χ4n) is 2.11. The van der Waals surface area contributed by atoms with Crippen LogP contribution >= 0.6 is 0 Å².